The molecule has 0 bridgehead atoms. The molecule has 2 N–H and O–H groups in total. The van der Waals surface area contributed by atoms with E-state index in [1.807, 2.05) is 18.7 Å². The molecule has 1 aliphatic heterocycles. The van der Waals surface area contributed by atoms with E-state index in [2.05, 4.69) is 20.4 Å². The second-order valence-electron chi connectivity index (χ2n) is 10.6. The number of nitrogens with one attached hydrogen (secondary N) is 2. The average molecular weight is 617 g/mol. The number of hydrogen-bond donors (Lipinski definition) is 2. The van der Waals surface area contributed by atoms with Crippen LogP contribution in [0.3, 0.4) is 0 Å². The van der Waals surface area contributed by atoms with Gasteiger partial charge in [0, 0.05) is 29.4 Å². The zero-order chi connectivity index (χ0) is 31.9. The molecule has 0 radical (unpaired) electrons. The molecule has 1 aromatic heterocycles. The smallest absolute Gasteiger partial charge is 0.495 e. The Morgan fingerprint density at radius 3 is 2.23 bits per heavy atom. The molecule has 0 saturated carbocycles. The number of methoxy groups -OCH3 is 1. The highest BCUT2D eigenvalue weighted by Crippen LogP contribution is 2.54. The SMILES string of the molecule is COc1ccc(-c2ccc(C(F)(F)F)nc2)c2c1N(c1ccccc1NC(=O)Nc1ccc(OC(F)(F)F)cc1)CC2(C)C. The Kier molecular flexibility index (Phi) is 7.83. The molecule has 4 aromatic rings. The highest BCUT2D eigenvalue weighted by Gasteiger charge is 2.41. The standard InChI is InChI=1S/C31H26F6N4O3/c1-29(2)17-41(27-24(43-3)14-13-21(26(27)29)18-8-15-25(38-16-18)30(32,33)34)23-7-5-4-6-22(23)40-28(42)39-19-9-11-20(12-10-19)44-31(35,36)37/h4-16H,17H2,1-3H3,(H2,39,40,42). The maximum absolute atomic E-state index is 13.2. The van der Waals surface area contributed by atoms with E-state index in [0.717, 1.165) is 23.8 Å². The number of alkyl halides is 6. The molecule has 2 amide bonds. The molecular formula is C31H26F6N4O3. The molecule has 0 aliphatic carbocycles. The first-order chi connectivity index (χ1) is 20.7. The third-order valence-electron chi connectivity index (χ3n) is 7.01. The average Bonchev–Trinajstić information content (AvgIpc) is 3.24. The molecule has 2 heterocycles. The summed E-state index contributed by atoms with van der Waals surface area (Å²) in [7, 11) is 1.51. The summed E-state index contributed by atoms with van der Waals surface area (Å²) in [6, 6.07) is 16.9. The predicted octanol–water partition coefficient (Wildman–Crippen LogP) is 8.75. The fraction of sp³-hybridized carbons (Fsp3) is 0.226. The topological polar surface area (TPSA) is 75.7 Å². The van der Waals surface area contributed by atoms with Crippen LogP contribution < -0.4 is 25.0 Å². The summed E-state index contributed by atoms with van der Waals surface area (Å²) in [5.74, 6) is 0.0964. The highest BCUT2D eigenvalue weighted by molar-refractivity contribution is 6.03. The monoisotopic (exact) mass is 616 g/mol. The number of carbonyl (C=O) groups is 1. The summed E-state index contributed by atoms with van der Waals surface area (Å²) in [5, 5.41) is 5.38. The van der Waals surface area contributed by atoms with Gasteiger partial charge in [0.1, 0.15) is 17.2 Å². The second kappa shape index (κ2) is 11.3. The number of halogens is 6. The minimum atomic E-state index is -4.84. The quantitative estimate of drug-likeness (QED) is 0.212. The van der Waals surface area contributed by atoms with Crippen molar-refractivity contribution < 1.29 is 40.6 Å². The minimum Gasteiger partial charge on any atom is -0.495 e. The number of amides is 2. The molecule has 230 valence electrons. The van der Waals surface area contributed by atoms with Gasteiger partial charge in [-0.3, -0.25) is 4.98 Å². The number of nitrogens with zero attached hydrogens (tertiary/aromatic N) is 2. The first-order valence-corrected chi connectivity index (χ1v) is 13.2. The lowest BCUT2D eigenvalue weighted by molar-refractivity contribution is -0.274. The van der Waals surface area contributed by atoms with Crippen molar-refractivity contribution in [2.24, 2.45) is 0 Å². The molecule has 0 atom stereocenters. The molecular weight excluding hydrogens is 590 g/mol. The van der Waals surface area contributed by atoms with Crippen LogP contribution in [0.2, 0.25) is 0 Å². The van der Waals surface area contributed by atoms with Crippen molar-refractivity contribution in [3.05, 3.63) is 90.3 Å². The van der Waals surface area contributed by atoms with Crippen LogP contribution in [-0.2, 0) is 11.6 Å². The van der Waals surface area contributed by atoms with Crippen molar-refractivity contribution in [3.8, 4) is 22.6 Å². The summed E-state index contributed by atoms with van der Waals surface area (Å²) in [6.07, 6.45) is -8.20. The van der Waals surface area contributed by atoms with E-state index < -0.39 is 35.4 Å². The van der Waals surface area contributed by atoms with E-state index in [1.54, 1.807) is 36.4 Å². The third kappa shape index (κ3) is 6.36. The molecule has 3 aromatic carbocycles. The number of benzene rings is 3. The van der Waals surface area contributed by atoms with Gasteiger partial charge in [-0.25, -0.2) is 4.79 Å². The summed E-state index contributed by atoms with van der Waals surface area (Å²) < 4.78 is 86.4. The van der Waals surface area contributed by atoms with Gasteiger partial charge in [0.2, 0.25) is 0 Å². The number of hydrogen-bond acceptors (Lipinski definition) is 5. The van der Waals surface area contributed by atoms with E-state index in [9.17, 15) is 31.1 Å². The predicted molar refractivity (Wildman–Crippen MR) is 153 cm³/mol. The molecule has 0 unspecified atom stereocenters. The number of ether oxygens (including phenoxy) is 2. The van der Waals surface area contributed by atoms with Crippen LogP contribution in [0, 0.1) is 0 Å². The van der Waals surface area contributed by atoms with Crippen molar-refractivity contribution >= 4 is 28.8 Å². The maximum Gasteiger partial charge on any atom is 0.573 e. The Hall–Kier alpha value is -4.94. The number of para-hydroxylation sites is 2. The van der Waals surface area contributed by atoms with Crippen LogP contribution in [0.25, 0.3) is 11.1 Å². The fourth-order valence-corrected chi connectivity index (χ4v) is 5.25. The second-order valence-corrected chi connectivity index (χ2v) is 10.6. The number of fused-ring (bicyclic) bond motifs is 1. The summed E-state index contributed by atoms with van der Waals surface area (Å²) in [5.41, 5.74) is 2.48. The van der Waals surface area contributed by atoms with E-state index in [0.29, 0.717) is 40.5 Å². The number of rotatable bonds is 6. The van der Waals surface area contributed by atoms with Gasteiger partial charge in [0.25, 0.3) is 0 Å². The zero-order valence-electron chi connectivity index (χ0n) is 23.6. The molecule has 7 nitrogen and oxygen atoms in total. The van der Waals surface area contributed by atoms with Crippen LogP contribution in [-0.4, -0.2) is 31.0 Å². The first-order valence-electron chi connectivity index (χ1n) is 13.2. The summed E-state index contributed by atoms with van der Waals surface area (Å²) in [4.78, 5) is 18.5. The Morgan fingerprint density at radius 2 is 1.61 bits per heavy atom. The highest BCUT2D eigenvalue weighted by atomic mass is 19.4. The van der Waals surface area contributed by atoms with E-state index in [-0.39, 0.29) is 5.69 Å². The Morgan fingerprint density at radius 1 is 0.909 bits per heavy atom. The zero-order valence-corrected chi connectivity index (χ0v) is 23.6. The van der Waals surface area contributed by atoms with Crippen LogP contribution in [0.15, 0.2) is 79.0 Å². The normalized spacial score (nSPS) is 14.2. The summed E-state index contributed by atoms with van der Waals surface area (Å²) in [6.45, 7) is 4.44. The van der Waals surface area contributed by atoms with Crippen molar-refractivity contribution in [2.45, 2.75) is 31.8 Å². The molecule has 0 spiro atoms. The number of pyridine rings is 1. The van der Waals surface area contributed by atoms with E-state index in [1.165, 1.54) is 31.5 Å². The fourth-order valence-electron chi connectivity index (χ4n) is 5.25. The maximum atomic E-state index is 13.2. The van der Waals surface area contributed by atoms with Gasteiger partial charge in [-0.2, -0.15) is 13.2 Å². The van der Waals surface area contributed by atoms with Crippen molar-refractivity contribution in [2.75, 3.05) is 29.2 Å². The molecule has 0 fully saturated rings. The van der Waals surface area contributed by atoms with E-state index in [4.69, 9.17) is 4.74 Å². The van der Waals surface area contributed by atoms with Gasteiger partial charge in [0.15, 0.2) is 0 Å². The minimum absolute atomic E-state index is 0.235. The number of aromatic nitrogens is 1. The van der Waals surface area contributed by atoms with Crippen LogP contribution in [0.5, 0.6) is 11.5 Å². The number of anilines is 4. The molecule has 0 saturated heterocycles. The van der Waals surface area contributed by atoms with Gasteiger partial charge in [-0.1, -0.05) is 38.1 Å². The van der Waals surface area contributed by atoms with Gasteiger partial charge in [0.05, 0.1) is 24.2 Å². The van der Waals surface area contributed by atoms with Gasteiger partial charge in [-0.05, 0) is 59.7 Å². The largest absolute Gasteiger partial charge is 0.573 e. The Balaban J connectivity index is 1.46. The van der Waals surface area contributed by atoms with Crippen molar-refractivity contribution in [1.29, 1.82) is 0 Å². The van der Waals surface area contributed by atoms with Crippen LogP contribution in [0.1, 0.15) is 25.1 Å². The van der Waals surface area contributed by atoms with Crippen molar-refractivity contribution in [1.82, 2.24) is 4.98 Å². The van der Waals surface area contributed by atoms with E-state index >= 15 is 0 Å². The third-order valence-corrected chi connectivity index (χ3v) is 7.01. The molecule has 44 heavy (non-hydrogen) atoms. The van der Waals surface area contributed by atoms with Gasteiger partial charge >= 0.3 is 18.6 Å². The van der Waals surface area contributed by atoms with Gasteiger partial charge < -0.3 is 25.0 Å². The molecule has 5 rings (SSSR count). The lowest BCUT2D eigenvalue weighted by Crippen LogP contribution is -2.27. The molecule has 13 heteroatoms. The number of urea groups is 1. The Labute approximate surface area is 248 Å². The lowest BCUT2D eigenvalue weighted by Gasteiger charge is -2.25. The van der Waals surface area contributed by atoms with Crippen LogP contribution in [0.4, 0.5) is 53.9 Å². The van der Waals surface area contributed by atoms with Crippen molar-refractivity contribution in [3.63, 3.8) is 0 Å². The first kappa shape index (κ1) is 30.5. The number of carbonyl (C=O) groups excluding carboxylic acids is 1. The molecule has 1 aliphatic rings. The summed E-state index contributed by atoms with van der Waals surface area (Å²) >= 11 is 0. The van der Waals surface area contributed by atoms with Gasteiger partial charge in [-0.15, -0.1) is 13.2 Å². The Bertz CT molecular complexity index is 1670. The van der Waals surface area contributed by atoms with Crippen LogP contribution >= 0.6 is 0 Å². The lowest BCUT2D eigenvalue weighted by atomic mass is 9.82.